The van der Waals surface area contributed by atoms with E-state index in [9.17, 15) is 22.4 Å². The van der Waals surface area contributed by atoms with E-state index in [-0.39, 0.29) is 24.1 Å². The van der Waals surface area contributed by atoms with E-state index in [1.165, 1.54) is 4.31 Å². The SMILES string of the molecule is CCN(CC)S(=O)(=O)c1ccc(F)c(C(=O)OCC(=O)NC[C@H]2CCCO2)c1. The molecule has 0 aromatic heterocycles. The Kier molecular flexibility index (Phi) is 7.90. The zero-order valence-electron chi connectivity index (χ0n) is 15.9. The lowest BCUT2D eigenvalue weighted by Crippen LogP contribution is -2.35. The first-order valence-corrected chi connectivity index (χ1v) is 10.6. The summed E-state index contributed by atoms with van der Waals surface area (Å²) in [6.45, 7) is 4.19. The predicted octanol–water partition coefficient (Wildman–Crippen LogP) is 1.31. The number of benzene rings is 1. The summed E-state index contributed by atoms with van der Waals surface area (Å²) in [5, 5.41) is 2.57. The van der Waals surface area contributed by atoms with Crippen LogP contribution in [-0.4, -0.2) is 63.6 Å². The van der Waals surface area contributed by atoms with E-state index in [0.717, 1.165) is 31.0 Å². The van der Waals surface area contributed by atoms with Crippen molar-refractivity contribution in [3.63, 3.8) is 0 Å². The van der Waals surface area contributed by atoms with Gasteiger partial charge < -0.3 is 14.8 Å². The highest BCUT2D eigenvalue weighted by Crippen LogP contribution is 2.20. The normalized spacial score (nSPS) is 16.9. The van der Waals surface area contributed by atoms with Crippen LogP contribution in [0, 0.1) is 5.82 Å². The van der Waals surface area contributed by atoms with Crippen LogP contribution in [0.15, 0.2) is 23.1 Å². The summed E-state index contributed by atoms with van der Waals surface area (Å²) in [6.07, 6.45) is 1.72. The average molecular weight is 416 g/mol. The number of nitrogens with one attached hydrogen (secondary N) is 1. The largest absolute Gasteiger partial charge is 0.452 e. The monoisotopic (exact) mass is 416 g/mol. The lowest BCUT2D eigenvalue weighted by molar-refractivity contribution is -0.124. The molecule has 8 nitrogen and oxygen atoms in total. The molecule has 0 radical (unpaired) electrons. The van der Waals surface area contributed by atoms with Crippen LogP contribution in [0.2, 0.25) is 0 Å². The molecule has 0 spiro atoms. The minimum Gasteiger partial charge on any atom is -0.452 e. The number of carbonyl (C=O) groups excluding carboxylic acids is 2. The molecule has 1 amide bonds. The maximum absolute atomic E-state index is 14.0. The van der Waals surface area contributed by atoms with E-state index in [0.29, 0.717) is 13.2 Å². The number of sulfonamides is 1. The van der Waals surface area contributed by atoms with E-state index < -0.39 is 39.9 Å². The fraction of sp³-hybridized carbons (Fsp3) is 0.556. The summed E-state index contributed by atoms with van der Waals surface area (Å²) in [6, 6.07) is 2.91. The van der Waals surface area contributed by atoms with E-state index in [1.54, 1.807) is 13.8 Å². The van der Waals surface area contributed by atoms with E-state index in [2.05, 4.69) is 5.32 Å². The number of amides is 1. The molecule has 1 N–H and O–H groups in total. The van der Waals surface area contributed by atoms with Gasteiger partial charge in [0.05, 0.1) is 16.6 Å². The van der Waals surface area contributed by atoms with Crippen molar-refractivity contribution in [1.29, 1.82) is 0 Å². The third-order valence-electron chi connectivity index (χ3n) is 4.39. The minimum absolute atomic E-state index is 0.0564. The van der Waals surface area contributed by atoms with Gasteiger partial charge in [-0.25, -0.2) is 17.6 Å². The maximum atomic E-state index is 14.0. The van der Waals surface area contributed by atoms with E-state index >= 15 is 0 Å². The molecule has 2 rings (SSSR count). The summed E-state index contributed by atoms with van der Waals surface area (Å²) in [4.78, 5) is 23.7. The van der Waals surface area contributed by atoms with Gasteiger partial charge in [0, 0.05) is 26.2 Å². The van der Waals surface area contributed by atoms with Gasteiger partial charge in [-0.05, 0) is 31.0 Å². The first-order chi connectivity index (χ1) is 13.3. The van der Waals surface area contributed by atoms with Crippen molar-refractivity contribution in [2.24, 2.45) is 0 Å². The highest BCUT2D eigenvalue weighted by molar-refractivity contribution is 7.89. The molecule has 1 aromatic rings. The molecule has 0 bridgehead atoms. The first-order valence-electron chi connectivity index (χ1n) is 9.14. The minimum atomic E-state index is -3.86. The van der Waals surface area contributed by atoms with Gasteiger partial charge in [-0.2, -0.15) is 4.31 Å². The molecular weight excluding hydrogens is 391 g/mol. The Balaban J connectivity index is 2.01. The van der Waals surface area contributed by atoms with Gasteiger partial charge in [0.15, 0.2) is 6.61 Å². The van der Waals surface area contributed by atoms with Crippen molar-refractivity contribution in [2.75, 3.05) is 32.8 Å². The Morgan fingerprint density at radius 3 is 2.64 bits per heavy atom. The second-order valence-electron chi connectivity index (χ2n) is 6.25. The fourth-order valence-electron chi connectivity index (χ4n) is 2.83. The Morgan fingerprint density at radius 1 is 1.32 bits per heavy atom. The van der Waals surface area contributed by atoms with Crippen LogP contribution in [0.5, 0.6) is 0 Å². The summed E-state index contributed by atoms with van der Waals surface area (Å²) in [5.74, 6) is -2.58. The quantitative estimate of drug-likeness (QED) is 0.609. The predicted molar refractivity (Wildman–Crippen MR) is 98.8 cm³/mol. The number of ether oxygens (including phenoxy) is 2. The van der Waals surface area contributed by atoms with Crippen molar-refractivity contribution >= 4 is 21.9 Å². The molecule has 1 heterocycles. The molecule has 1 aliphatic heterocycles. The van der Waals surface area contributed by atoms with Crippen molar-refractivity contribution in [3.8, 4) is 0 Å². The second-order valence-corrected chi connectivity index (χ2v) is 8.18. The molecule has 1 saturated heterocycles. The van der Waals surface area contributed by atoms with Crippen molar-refractivity contribution < 1.29 is 31.9 Å². The van der Waals surface area contributed by atoms with Gasteiger partial charge in [0.25, 0.3) is 5.91 Å². The molecule has 1 aromatic carbocycles. The van der Waals surface area contributed by atoms with Gasteiger partial charge >= 0.3 is 5.97 Å². The Labute approximate surface area is 164 Å². The van der Waals surface area contributed by atoms with Crippen LogP contribution in [0.3, 0.4) is 0 Å². The third kappa shape index (κ3) is 5.49. The molecule has 156 valence electrons. The summed E-state index contributed by atoms with van der Waals surface area (Å²) in [7, 11) is -3.86. The fourth-order valence-corrected chi connectivity index (χ4v) is 4.31. The number of carbonyl (C=O) groups is 2. The van der Waals surface area contributed by atoms with Crippen LogP contribution in [0.25, 0.3) is 0 Å². The van der Waals surface area contributed by atoms with Gasteiger partial charge in [0.2, 0.25) is 10.0 Å². The summed E-state index contributed by atoms with van der Waals surface area (Å²) >= 11 is 0. The zero-order valence-corrected chi connectivity index (χ0v) is 16.8. The maximum Gasteiger partial charge on any atom is 0.341 e. The van der Waals surface area contributed by atoms with Gasteiger partial charge in [-0.15, -0.1) is 0 Å². The number of esters is 1. The molecule has 28 heavy (non-hydrogen) atoms. The van der Waals surface area contributed by atoms with Gasteiger partial charge in [-0.3, -0.25) is 4.79 Å². The number of hydrogen-bond donors (Lipinski definition) is 1. The van der Waals surface area contributed by atoms with Crippen LogP contribution < -0.4 is 5.32 Å². The molecule has 10 heteroatoms. The van der Waals surface area contributed by atoms with E-state index in [1.807, 2.05) is 0 Å². The van der Waals surface area contributed by atoms with E-state index in [4.69, 9.17) is 9.47 Å². The topological polar surface area (TPSA) is 102 Å². The molecule has 0 unspecified atom stereocenters. The smallest absolute Gasteiger partial charge is 0.341 e. The molecule has 1 aliphatic rings. The van der Waals surface area contributed by atoms with Crippen molar-refractivity contribution in [3.05, 3.63) is 29.6 Å². The average Bonchev–Trinajstić information content (AvgIpc) is 3.19. The van der Waals surface area contributed by atoms with Gasteiger partial charge in [-0.1, -0.05) is 13.8 Å². The van der Waals surface area contributed by atoms with Gasteiger partial charge in [0.1, 0.15) is 5.82 Å². The van der Waals surface area contributed by atoms with Crippen LogP contribution >= 0.6 is 0 Å². The summed E-state index contributed by atoms with van der Waals surface area (Å²) < 4.78 is 50.5. The summed E-state index contributed by atoms with van der Waals surface area (Å²) in [5.41, 5.74) is -0.542. The Hall–Kier alpha value is -2.04. The van der Waals surface area contributed by atoms with Crippen LogP contribution in [0.1, 0.15) is 37.0 Å². The molecular formula is C18H25FN2O6S. The van der Waals surface area contributed by atoms with Crippen molar-refractivity contribution in [2.45, 2.75) is 37.7 Å². The standard InChI is InChI=1S/C18H25FN2O6S/c1-3-21(4-2)28(24,25)14-7-8-16(19)15(10-14)18(23)27-12-17(22)20-11-13-6-5-9-26-13/h7-8,10,13H,3-6,9,11-12H2,1-2H3,(H,20,22)/t13-/m1/s1. The molecule has 0 saturated carbocycles. The highest BCUT2D eigenvalue weighted by atomic mass is 32.2. The zero-order chi connectivity index (χ0) is 20.7. The molecule has 0 aliphatic carbocycles. The Bertz CT molecular complexity index is 804. The molecule has 1 fully saturated rings. The molecule has 1 atom stereocenters. The third-order valence-corrected chi connectivity index (χ3v) is 6.43. The number of rotatable bonds is 9. The number of hydrogen-bond acceptors (Lipinski definition) is 6. The number of halogens is 1. The second kappa shape index (κ2) is 9.94. The lowest BCUT2D eigenvalue weighted by atomic mass is 10.2. The highest BCUT2D eigenvalue weighted by Gasteiger charge is 2.25. The lowest BCUT2D eigenvalue weighted by Gasteiger charge is -2.18. The van der Waals surface area contributed by atoms with Crippen LogP contribution in [-0.2, 0) is 24.3 Å². The van der Waals surface area contributed by atoms with Crippen LogP contribution in [0.4, 0.5) is 4.39 Å². The Morgan fingerprint density at radius 2 is 2.04 bits per heavy atom. The first kappa shape index (κ1) is 22.3. The van der Waals surface area contributed by atoms with Crippen molar-refractivity contribution in [1.82, 2.24) is 9.62 Å². The number of nitrogens with zero attached hydrogens (tertiary/aromatic N) is 1.